The molecule has 0 spiro atoms. The lowest BCUT2D eigenvalue weighted by Crippen LogP contribution is -2.20. The lowest BCUT2D eigenvalue weighted by atomic mass is 10.2. The van der Waals surface area contributed by atoms with Crippen LogP contribution in [0.1, 0.15) is 22.4 Å². The summed E-state index contributed by atoms with van der Waals surface area (Å²) in [6, 6.07) is 18.5. The third-order valence-electron chi connectivity index (χ3n) is 4.50. The van der Waals surface area contributed by atoms with Gasteiger partial charge in [-0.1, -0.05) is 31.2 Å². The van der Waals surface area contributed by atoms with Crippen LogP contribution >= 0.6 is 11.3 Å². The van der Waals surface area contributed by atoms with Crippen molar-refractivity contribution < 1.29 is 9.59 Å². The highest BCUT2D eigenvalue weighted by molar-refractivity contribution is 7.12. The van der Waals surface area contributed by atoms with E-state index in [1.807, 2.05) is 47.2 Å². The number of amides is 2. The van der Waals surface area contributed by atoms with Crippen molar-refractivity contribution in [3.63, 3.8) is 0 Å². The first-order valence-electron chi connectivity index (χ1n) is 9.33. The number of benzene rings is 2. The molecule has 0 aliphatic carbocycles. The predicted molar refractivity (Wildman–Crippen MR) is 116 cm³/mol. The number of carbonyl (C=O) groups excluding carboxylic acids is 2. The third kappa shape index (κ3) is 4.20. The standard InChI is InChI=1S/C22H20N4O2S/c1-2-20-25-17-9-3-4-10-18(17)26(20)14-21(27)23-15-7-5-8-16(13-15)24-22(28)19-11-6-12-29-19/h3-13H,2,14H2,1H3,(H,23,27)(H,24,28). The van der Waals surface area contributed by atoms with Crippen molar-refractivity contribution in [1.82, 2.24) is 9.55 Å². The Morgan fingerprint density at radius 2 is 1.79 bits per heavy atom. The van der Waals surface area contributed by atoms with Crippen LogP contribution in [0.3, 0.4) is 0 Å². The van der Waals surface area contributed by atoms with Crippen molar-refractivity contribution in [3.8, 4) is 0 Å². The highest BCUT2D eigenvalue weighted by Crippen LogP contribution is 2.19. The topological polar surface area (TPSA) is 76.0 Å². The Kier molecular flexibility index (Phi) is 5.39. The molecule has 0 aliphatic rings. The number of carbonyl (C=O) groups is 2. The smallest absolute Gasteiger partial charge is 0.265 e. The van der Waals surface area contributed by atoms with E-state index in [2.05, 4.69) is 15.6 Å². The highest BCUT2D eigenvalue weighted by Gasteiger charge is 2.13. The second kappa shape index (κ2) is 8.28. The Balaban J connectivity index is 1.47. The van der Waals surface area contributed by atoms with Crippen LogP contribution in [-0.4, -0.2) is 21.4 Å². The van der Waals surface area contributed by atoms with Crippen LogP contribution in [0, 0.1) is 0 Å². The molecule has 0 bridgehead atoms. The molecule has 2 aromatic carbocycles. The molecule has 2 heterocycles. The lowest BCUT2D eigenvalue weighted by Gasteiger charge is -2.11. The Morgan fingerprint density at radius 3 is 2.55 bits per heavy atom. The number of imidazole rings is 1. The van der Waals surface area contributed by atoms with Gasteiger partial charge in [-0.15, -0.1) is 11.3 Å². The molecule has 0 unspecified atom stereocenters. The van der Waals surface area contributed by atoms with Crippen LogP contribution in [0.2, 0.25) is 0 Å². The number of aryl methyl sites for hydroxylation is 1. The molecule has 0 saturated carbocycles. The first-order chi connectivity index (χ1) is 14.1. The van der Waals surface area contributed by atoms with Crippen molar-refractivity contribution in [2.75, 3.05) is 10.6 Å². The van der Waals surface area contributed by atoms with Crippen LogP contribution in [0.15, 0.2) is 66.0 Å². The van der Waals surface area contributed by atoms with Crippen LogP contribution in [0.25, 0.3) is 11.0 Å². The van der Waals surface area contributed by atoms with E-state index in [4.69, 9.17) is 0 Å². The van der Waals surface area contributed by atoms with Gasteiger partial charge in [-0.25, -0.2) is 4.98 Å². The number of hydrogen-bond donors (Lipinski definition) is 2. The van der Waals surface area contributed by atoms with Crippen molar-refractivity contribution in [2.45, 2.75) is 19.9 Å². The summed E-state index contributed by atoms with van der Waals surface area (Å²) in [4.78, 5) is 30.1. The highest BCUT2D eigenvalue weighted by atomic mass is 32.1. The number of fused-ring (bicyclic) bond motifs is 1. The molecular weight excluding hydrogens is 384 g/mol. The van der Waals surface area contributed by atoms with Gasteiger partial charge in [-0.2, -0.15) is 0 Å². The average Bonchev–Trinajstić information content (AvgIpc) is 3.37. The van der Waals surface area contributed by atoms with E-state index in [0.29, 0.717) is 16.3 Å². The van der Waals surface area contributed by atoms with Crippen LogP contribution in [0.4, 0.5) is 11.4 Å². The fourth-order valence-electron chi connectivity index (χ4n) is 3.19. The van der Waals surface area contributed by atoms with Gasteiger partial charge in [-0.05, 0) is 41.8 Å². The molecule has 2 aromatic heterocycles. The number of para-hydroxylation sites is 2. The normalized spacial score (nSPS) is 10.8. The maximum absolute atomic E-state index is 12.7. The summed E-state index contributed by atoms with van der Waals surface area (Å²) in [5.74, 6) is 0.559. The number of aromatic nitrogens is 2. The van der Waals surface area contributed by atoms with E-state index in [1.165, 1.54) is 11.3 Å². The van der Waals surface area contributed by atoms with Gasteiger partial charge in [0.25, 0.3) is 5.91 Å². The summed E-state index contributed by atoms with van der Waals surface area (Å²) in [6.45, 7) is 2.20. The van der Waals surface area contributed by atoms with E-state index >= 15 is 0 Å². The monoisotopic (exact) mass is 404 g/mol. The van der Waals surface area contributed by atoms with Gasteiger partial charge in [0.1, 0.15) is 12.4 Å². The maximum atomic E-state index is 12.7. The van der Waals surface area contributed by atoms with Gasteiger partial charge >= 0.3 is 0 Å². The number of nitrogens with zero attached hydrogens (tertiary/aromatic N) is 2. The molecule has 2 N–H and O–H groups in total. The Labute approximate surface area is 172 Å². The number of nitrogens with one attached hydrogen (secondary N) is 2. The SMILES string of the molecule is CCc1nc2ccccc2n1CC(=O)Nc1cccc(NC(=O)c2cccs2)c1. The van der Waals surface area contributed by atoms with E-state index in [0.717, 1.165) is 23.3 Å². The van der Waals surface area contributed by atoms with Gasteiger partial charge in [0.05, 0.1) is 15.9 Å². The maximum Gasteiger partial charge on any atom is 0.265 e. The Bertz CT molecular complexity index is 1160. The van der Waals surface area contributed by atoms with Gasteiger partial charge in [0.2, 0.25) is 5.91 Å². The first-order valence-corrected chi connectivity index (χ1v) is 10.2. The molecule has 2 amide bonds. The molecule has 146 valence electrons. The van der Waals surface area contributed by atoms with Gasteiger partial charge < -0.3 is 15.2 Å². The molecule has 0 atom stereocenters. The Morgan fingerprint density at radius 1 is 1.00 bits per heavy atom. The average molecular weight is 404 g/mol. The largest absolute Gasteiger partial charge is 0.324 e. The van der Waals surface area contributed by atoms with Crippen molar-refractivity contribution in [2.24, 2.45) is 0 Å². The van der Waals surface area contributed by atoms with Gasteiger partial charge in [-0.3, -0.25) is 9.59 Å². The molecule has 0 aliphatic heterocycles. The van der Waals surface area contributed by atoms with E-state index in [-0.39, 0.29) is 18.4 Å². The second-order valence-electron chi connectivity index (χ2n) is 6.52. The summed E-state index contributed by atoms with van der Waals surface area (Å²) >= 11 is 1.38. The number of hydrogen-bond acceptors (Lipinski definition) is 4. The zero-order valence-corrected chi connectivity index (χ0v) is 16.7. The molecule has 29 heavy (non-hydrogen) atoms. The van der Waals surface area contributed by atoms with Crippen molar-refractivity contribution in [1.29, 1.82) is 0 Å². The second-order valence-corrected chi connectivity index (χ2v) is 7.46. The summed E-state index contributed by atoms with van der Waals surface area (Å²) in [5.41, 5.74) is 3.08. The fourth-order valence-corrected chi connectivity index (χ4v) is 3.81. The van der Waals surface area contributed by atoms with Crippen molar-refractivity contribution in [3.05, 3.63) is 76.7 Å². The summed E-state index contributed by atoms with van der Waals surface area (Å²) in [6.07, 6.45) is 0.742. The zero-order chi connectivity index (χ0) is 20.2. The summed E-state index contributed by atoms with van der Waals surface area (Å²) in [5, 5.41) is 7.62. The van der Waals surface area contributed by atoms with E-state index in [9.17, 15) is 9.59 Å². The van der Waals surface area contributed by atoms with Crippen LogP contribution in [0.5, 0.6) is 0 Å². The molecule has 4 rings (SSSR count). The molecule has 0 radical (unpaired) electrons. The summed E-state index contributed by atoms with van der Waals surface area (Å²) < 4.78 is 1.94. The first kappa shape index (κ1) is 18.9. The fraction of sp³-hybridized carbons (Fsp3) is 0.136. The minimum absolute atomic E-state index is 0.149. The molecule has 7 heteroatoms. The molecule has 0 saturated heterocycles. The Hall–Kier alpha value is -3.45. The lowest BCUT2D eigenvalue weighted by molar-refractivity contribution is -0.116. The molecular formula is C22H20N4O2S. The van der Waals surface area contributed by atoms with Crippen LogP contribution < -0.4 is 10.6 Å². The third-order valence-corrected chi connectivity index (χ3v) is 5.37. The molecule has 4 aromatic rings. The number of rotatable bonds is 6. The van der Waals surface area contributed by atoms with E-state index < -0.39 is 0 Å². The quantitative estimate of drug-likeness (QED) is 0.495. The van der Waals surface area contributed by atoms with E-state index in [1.54, 1.807) is 30.3 Å². The zero-order valence-electron chi connectivity index (χ0n) is 15.9. The minimum Gasteiger partial charge on any atom is -0.324 e. The minimum atomic E-state index is -0.166. The van der Waals surface area contributed by atoms with Crippen molar-refractivity contribution >= 4 is 45.6 Å². The number of anilines is 2. The van der Waals surface area contributed by atoms with Gasteiger partial charge in [0.15, 0.2) is 0 Å². The molecule has 6 nitrogen and oxygen atoms in total. The number of thiophene rings is 1. The van der Waals surface area contributed by atoms with Crippen LogP contribution in [-0.2, 0) is 17.8 Å². The molecule has 0 fully saturated rings. The predicted octanol–water partition coefficient (Wildman–Crippen LogP) is 4.55. The van der Waals surface area contributed by atoms with Gasteiger partial charge in [0, 0.05) is 17.8 Å². The summed E-state index contributed by atoms with van der Waals surface area (Å²) in [7, 11) is 0.